The van der Waals surface area contributed by atoms with Crippen molar-refractivity contribution in [3.05, 3.63) is 132 Å². The number of hydrogen-bond donors (Lipinski definition) is 4. The average Bonchev–Trinajstić information content (AvgIpc) is 1.49. The highest BCUT2D eigenvalue weighted by Crippen LogP contribution is 2.27. The van der Waals surface area contributed by atoms with Crippen LogP contribution in [0.2, 0.25) is 0 Å². The minimum absolute atomic E-state index is 0. The maximum absolute atomic E-state index is 13.3. The Morgan fingerprint density at radius 2 is 0.635 bits per heavy atom. The number of fused-ring (bicyclic) bond motifs is 6. The zero-order valence-corrected chi connectivity index (χ0v) is 57.3. The second-order valence-corrected chi connectivity index (χ2v) is 22.0. The molecule has 0 aliphatic carbocycles. The highest BCUT2D eigenvalue weighted by atomic mass is 127. The molecule has 8 N–H and O–H groups in total. The zero-order chi connectivity index (χ0) is 58.0. The topological polar surface area (TPSA) is 313 Å². The summed E-state index contributed by atoms with van der Waals surface area (Å²) < 4.78 is 10.3. The van der Waals surface area contributed by atoms with Gasteiger partial charge in [-0.15, -0.1) is 0 Å². The minimum Gasteiger partial charge on any atom is -1.00 e. The number of aromatic nitrogens is 12. The van der Waals surface area contributed by atoms with E-state index in [9.17, 15) is 28.8 Å². The van der Waals surface area contributed by atoms with Gasteiger partial charge in [0, 0.05) is 52.4 Å². The van der Waals surface area contributed by atoms with E-state index in [4.69, 9.17) is 22.9 Å². The second kappa shape index (κ2) is 32.2. The fourth-order valence-corrected chi connectivity index (χ4v) is 9.29. The lowest BCUT2D eigenvalue weighted by Gasteiger charge is -2.26. The van der Waals surface area contributed by atoms with E-state index in [0.29, 0.717) is 67.2 Å². The summed E-state index contributed by atoms with van der Waals surface area (Å²) in [6, 6.07) is 12.0. The first-order valence-electron chi connectivity index (χ1n) is 26.5. The van der Waals surface area contributed by atoms with Crippen molar-refractivity contribution in [2.24, 2.45) is 22.9 Å². The van der Waals surface area contributed by atoms with E-state index in [1.807, 2.05) is 88.3 Å². The lowest BCUT2D eigenvalue weighted by Crippen LogP contribution is -3.00. The van der Waals surface area contributed by atoms with Gasteiger partial charge in [0.2, 0.25) is 0 Å². The van der Waals surface area contributed by atoms with Crippen LogP contribution in [-0.2, 0) is 45.7 Å². The molecule has 85 heavy (non-hydrogen) atoms. The van der Waals surface area contributed by atoms with E-state index >= 15 is 0 Å². The Morgan fingerprint density at radius 1 is 0.376 bits per heavy atom. The Hall–Kier alpha value is -5.12. The van der Waals surface area contributed by atoms with Crippen molar-refractivity contribution in [2.45, 2.75) is 87.2 Å². The van der Waals surface area contributed by atoms with E-state index in [1.54, 1.807) is 4.57 Å². The van der Waals surface area contributed by atoms with Gasteiger partial charge in [0.25, 0.3) is 16.7 Å². The second-order valence-electron chi connectivity index (χ2n) is 22.0. The molecular weight excluding hydrogens is 1400 g/mol. The fraction of sp³-hybridized carbons (Fsp3) is 0.455. The van der Waals surface area contributed by atoms with Gasteiger partial charge < -0.3 is 143 Å². The van der Waals surface area contributed by atoms with Crippen LogP contribution in [0.5, 0.6) is 0 Å². The third-order valence-corrected chi connectivity index (χ3v) is 14.0. The maximum Gasteiger partial charge on any atom is 0.352 e. The number of halogens is 6. The quantitative estimate of drug-likeness (QED) is 0.0421. The van der Waals surface area contributed by atoms with Crippen LogP contribution >= 0.6 is 0 Å². The molecule has 6 aliphatic rings. The molecule has 0 unspecified atom stereocenters. The third kappa shape index (κ3) is 17.1. The molecule has 0 bridgehead atoms. The summed E-state index contributed by atoms with van der Waals surface area (Å²) in [5.74, 6) is 0.905. The summed E-state index contributed by atoms with van der Waals surface area (Å²) >= 11 is 0. The van der Waals surface area contributed by atoms with Gasteiger partial charge in [-0.05, 0) is 111 Å². The molecule has 6 heterocycles. The summed E-state index contributed by atoms with van der Waals surface area (Å²) in [5, 5.41) is 0. The average molecular weight is 1480 g/mol. The van der Waals surface area contributed by atoms with Gasteiger partial charge in [-0.2, -0.15) is 15.0 Å². The number of likely N-dealkylation sites (N-methyl/N-ethyl adjacent to an activating group) is 2. The molecule has 6 aliphatic heterocycles. The first-order chi connectivity index (χ1) is 37.2. The smallest absolute Gasteiger partial charge is 0.352 e. The van der Waals surface area contributed by atoms with Crippen molar-refractivity contribution >= 4 is 33.1 Å². The van der Waals surface area contributed by atoms with Crippen molar-refractivity contribution in [1.29, 1.82) is 0 Å². The molecular formula is C55H76Cl4I2N18O6-4. The molecule has 0 amide bonds. The molecule has 0 aromatic heterocycles. The number of quaternary nitrogens is 2. The largest absolute Gasteiger partial charge is 1.00 e. The van der Waals surface area contributed by atoms with Crippen LogP contribution in [0.15, 0.2) is 65.2 Å². The zero-order valence-electron chi connectivity index (χ0n) is 49.9. The van der Waals surface area contributed by atoms with Crippen LogP contribution in [0.4, 0.5) is 0 Å². The van der Waals surface area contributed by atoms with Gasteiger partial charge in [0.1, 0.15) is 0 Å². The van der Waals surface area contributed by atoms with E-state index in [-0.39, 0.29) is 158 Å². The first-order valence-corrected chi connectivity index (χ1v) is 26.5. The lowest BCUT2D eigenvalue weighted by molar-refractivity contribution is -0.871. The van der Waals surface area contributed by atoms with E-state index in [1.165, 1.54) is 10.1 Å². The van der Waals surface area contributed by atoms with E-state index in [0.717, 1.165) is 76.5 Å². The molecule has 0 fully saturated rings. The maximum atomic E-state index is 13.3. The Morgan fingerprint density at radius 3 is 0.941 bits per heavy atom. The van der Waals surface area contributed by atoms with Crippen LogP contribution in [-0.4, -0.2) is 148 Å². The Labute approximate surface area is 551 Å². The van der Waals surface area contributed by atoms with Gasteiger partial charge in [0.15, 0.2) is 34.6 Å². The van der Waals surface area contributed by atoms with Crippen molar-refractivity contribution in [1.82, 2.24) is 57.3 Å². The van der Waals surface area contributed by atoms with Crippen molar-refractivity contribution in [3.63, 3.8) is 0 Å². The van der Waals surface area contributed by atoms with E-state index < -0.39 is 28.2 Å². The summed E-state index contributed by atoms with van der Waals surface area (Å²) in [5.41, 5.74) is 31.3. The minimum atomic E-state index is -0.617. The normalized spacial score (nSPS) is 11.2. The number of benzene rings is 3. The number of nitrogens with zero attached hydrogens (tertiary/aromatic N) is 14. The molecule has 0 saturated heterocycles. The fourth-order valence-electron chi connectivity index (χ4n) is 9.29. The molecule has 468 valence electrons. The van der Waals surface area contributed by atoms with Gasteiger partial charge in [0.05, 0.1) is 102 Å². The summed E-state index contributed by atoms with van der Waals surface area (Å²) in [4.78, 5) is 102. The molecule has 0 radical (unpaired) electrons. The monoisotopic (exact) mass is 1480 g/mol. The molecule has 0 atom stereocenters. The molecule has 30 heteroatoms. The summed E-state index contributed by atoms with van der Waals surface area (Å²) in [6.45, 7) is 16.8. The van der Waals surface area contributed by atoms with Crippen LogP contribution in [0.25, 0.3) is 67.7 Å². The van der Waals surface area contributed by atoms with Crippen LogP contribution in [0.1, 0.15) is 40.3 Å². The number of rotatable bonds is 15. The number of aryl methyl sites for hydroxylation is 6. The molecule has 0 spiro atoms. The van der Waals surface area contributed by atoms with Crippen molar-refractivity contribution < 1.29 is 107 Å². The molecule has 0 saturated carbocycles. The Balaban J connectivity index is 0.000000620. The predicted molar refractivity (Wildman–Crippen MR) is 309 cm³/mol. The van der Waals surface area contributed by atoms with E-state index in [2.05, 4.69) is 71.0 Å². The van der Waals surface area contributed by atoms with Crippen LogP contribution < -0.4 is 154 Å². The molecule has 3 aromatic carbocycles. The summed E-state index contributed by atoms with van der Waals surface area (Å²) in [6.07, 6.45) is 0.876. The van der Waals surface area contributed by atoms with Gasteiger partial charge in [-0.1, -0.05) is 6.92 Å². The SMILES string of the molecule is CCc1cc2c(cc1C)nc1c(=O)n(CCN)c(=O)nc-1n2CCN.Cc1cc2nc3c(=O)n(CCN)c(=O)nc-3n(CCN)c2cc1C.Cc1cc2nc3c(=O)n(CC[N+](C)(C)C)c(=O)nc-3n(CC[N+](C)(C)C)c2cc1C.[Cl-].[Cl-].[Cl-].[Cl-].[I-].[I-]. The number of hydrogen-bond acceptors (Lipinski definition) is 16. The van der Waals surface area contributed by atoms with Gasteiger partial charge in [-0.25, -0.2) is 29.3 Å². The lowest BCUT2D eigenvalue weighted by atomic mass is 10.0. The van der Waals surface area contributed by atoms with Crippen LogP contribution in [0, 0.1) is 34.6 Å². The molecule has 3 aromatic rings. The van der Waals surface area contributed by atoms with Crippen molar-refractivity contribution in [2.75, 3.05) is 81.6 Å². The van der Waals surface area contributed by atoms with Crippen LogP contribution in [0.3, 0.4) is 0 Å². The van der Waals surface area contributed by atoms with Crippen molar-refractivity contribution in [3.8, 4) is 34.6 Å². The number of nitrogens with two attached hydrogens (primary N) is 4. The Bertz CT molecular complexity index is 4060. The third-order valence-electron chi connectivity index (χ3n) is 14.0. The summed E-state index contributed by atoms with van der Waals surface area (Å²) in [7, 11) is 12.4. The highest BCUT2D eigenvalue weighted by molar-refractivity contribution is 5.83. The Kier molecular flexibility index (Phi) is 29.5. The predicted octanol–water partition coefficient (Wildman–Crippen LogP) is -17.5. The first kappa shape index (κ1) is 77.9. The highest BCUT2D eigenvalue weighted by Gasteiger charge is 2.26. The standard InChI is InChI=1S/C22H34N6O2.C17H22N6O2.C16H20N6O2.4ClH.2HI/c1-15-13-17-18(14-16(15)2)25(9-11-27(3,4)5)20-19(23-17)21(29)26(22(30)24-20)10-12-28(6,7)8;1-3-11-9-13-12(8-10(11)2)20-14-15(22(13)6-4-18)21-17(25)23(7-5-19)16(14)24;1-9-7-11-12(8-10(9)2)21(5-3-17)14-13(19-11)15(23)22(6-4-18)16(24)20-14;;;;;;/h13-14H,9-12H2,1-8H3;8-9H,3-7,18-19H2,1-2H3;7-8H,3-6,17-18H2,1-2H3;6*1H/q+2;;;;;;;;/p-6. The van der Waals surface area contributed by atoms with Gasteiger partial charge in [-0.3, -0.25) is 28.1 Å². The molecule has 24 nitrogen and oxygen atoms in total. The molecule has 9 rings (SSSR count). The van der Waals surface area contributed by atoms with Gasteiger partial charge >= 0.3 is 17.1 Å².